The Balaban J connectivity index is 2.13. The molecule has 110 valence electrons. The molecule has 0 aliphatic heterocycles. The van der Waals surface area contributed by atoms with Crippen molar-refractivity contribution >= 4 is 28.9 Å². The highest BCUT2D eigenvalue weighted by molar-refractivity contribution is 7.10. The van der Waals surface area contributed by atoms with Crippen LogP contribution in [-0.2, 0) is 4.79 Å². The van der Waals surface area contributed by atoms with Crippen LogP contribution in [0.4, 0.5) is 5.69 Å². The summed E-state index contributed by atoms with van der Waals surface area (Å²) in [6.45, 7) is 5.60. The van der Waals surface area contributed by atoms with Gasteiger partial charge >= 0.3 is 0 Å². The van der Waals surface area contributed by atoms with E-state index in [0.717, 1.165) is 28.2 Å². The Morgan fingerprint density at radius 3 is 2.62 bits per heavy atom. The quantitative estimate of drug-likeness (QED) is 0.934. The topological polar surface area (TPSA) is 82.1 Å². The van der Waals surface area contributed by atoms with E-state index in [1.807, 2.05) is 32.0 Å². The van der Waals surface area contributed by atoms with Gasteiger partial charge in [-0.3, -0.25) is 4.79 Å². The molecule has 5 nitrogen and oxygen atoms in total. The molecule has 0 aliphatic rings. The molecule has 1 N–H and O–H groups in total. The second-order valence-electron chi connectivity index (χ2n) is 4.89. The molecule has 0 fully saturated rings. The SMILES string of the molecule is Cc1ccc(NC(=O)[C@H](C)c2nc(C(=O)[O-])cs2)c(C)c1. The third-order valence-corrected chi connectivity index (χ3v) is 4.16. The maximum atomic E-state index is 12.2. The van der Waals surface area contributed by atoms with Gasteiger partial charge in [0.25, 0.3) is 0 Å². The number of aromatic carboxylic acids is 1. The average molecular weight is 303 g/mol. The van der Waals surface area contributed by atoms with Gasteiger partial charge in [0.2, 0.25) is 5.91 Å². The number of nitrogens with one attached hydrogen (secondary N) is 1. The molecule has 1 aromatic carbocycles. The van der Waals surface area contributed by atoms with Gasteiger partial charge in [-0.25, -0.2) is 4.98 Å². The van der Waals surface area contributed by atoms with E-state index in [4.69, 9.17) is 0 Å². The first-order valence-electron chi connectivity index (χ1n) is 6.43. The Morgan fingerprint density at radius 1 is 1.33 bits per heavy atom. The molecular formula is C15H15N2O3S-. The molecule has 1 heterocycles. The number of thiazole rings is 1. The number of hydrogen-bond donors (Lipinski definition) is 1. The first kappa shape index (κ1) is 15.2. The van der Waals surface area contributed by atoms with Crippen LogP contribution in [-0.4, -0.2) is 16.9 Å². The molecule has 1 atom stereocenters. The fourth-order valence-corrected chi connectivity index (χ4v) is 2.73. The summed E-state index contributed by atoms with van der Waals surface area (Å²) in [6.07, 6.45) is 0. The van der Waals surface area contributed by atoms with Crippen LogP contribution in [0.2, 0.25) is 0 Å². The maximum Gasteiger partial charge on any atom is 0.234 e. The van der Waals surface area contributed by atoms with E-state index in [9.17, 15) is 14.7 Å². The lowest BCUT2D eigenvalue weighted by Gasteiger charge is -2.12. The number of amides is 1. The minimum Gasteiger partial charge on any atom is -0.543 e. The molecule has 2 aromatic rings. The van der Waals surface area contributed by atoms with Gasteiger partial charge in [-0.1, -0.05) is 17.7 Å². The Kier molecular flexibility index (Phi) is 4.37. The number of carboxylic acid groups (broad SMARTS) is 1. The number of benzene rings is 1. The van der Waals surface area contributed by atoms with Crippen molar-refractivity contribution in [2.75, 3.05) is 5.32 Å². The fraction of sp³-hybridized carbons (Fsp3) is 0.267. The number of rotatable bonds is 4. The number of carbonyl (C=O) groups excluding carboxylic acids is 2. The summed E-state index contributed by atoms with van der Waals surface area (Å²) >= 11 is 1.14. The van der Waals surface area contributed by atoms with Crippen LogP contribution in [0.25, 0.3) is 0 Å². The van der Waals surface area contributed by atoms with Crippen molar-refractivity contribution in [3.05, 3.63) is 45.4 Å². The van der Waals surface area contributed by atoms with Crippen LogP contribution in [0, 0.1) is 13.8 Å². The Hall–Kier alpha value is -2.21. The lowest BCUT2D eigenvalue weighted by molar-refractivity contribution is -0.255. The summed E-state index contributed by atoms with van der Waals surface area (Å²) in [6, 6.07) is 5.76. The van der Waals surface area contributed by atoms with Gasteiger partial charge in [-0.2, -0.15) is 0 Å². The zero-order valence-corrected chi connectivity index (χ0v) is 12.8. The summed E-state index contributed by atoms with van der Waals surface area (Å²) in [5.41, 5.74) is 2.71. The number of anilines is 1. The molecule has 0 bridgehead atoms. The molecule has 0 aliphatic carbocycles. The van der Waals surface area contributed by atoms with Gasteiger partial charge in [-0.05, 0) is 32.4 Å². The highest BCUT2D eigenvalue weighted by Gasteiger charge is 2.19. The third-order valence-electron chi connectivity index (χ3n) is 3.13. The van der Waals surface area contributed by atoms with Crippen LogP contribution in [0.5, 0.6) is 0 Å². The van der Waals surface area contributed by atoms with Crippen LogP contribution < -0.4 is 10.4 Å². The second kappa shape index (κ2) is 6.05. The Morgan fingerprint density at radius 2 is 2.05 bits per heavy atom. The zero-order chi connectivity index (χ0) is 15.6. The molecular weight excluding hydrogens is 288 g/mol. The predicted molar refractivity (Wildman–Crippen MR) is 79.4 cm³/mol. The Bertz CT molecular complexity index is 694. The lowest BCUT2D eigenvalue weighted by atomic mass is 10.1. The molecule has 0 unspecified atom stereocenters. The second-order valence-corrected chi connectivity index (χ2v) is 5.78. The third kappa shape index (κ3) is 3.46. The molecule has 0 saturated carbocycles. The van der Waals surface area contributed by atoms with E-state index >= 15 is 0 Å². The Labute approximate surface area is 126 Å². The summed E-state index contributed by atoms with van der Waals surface area (Å²) in [4.78, 5) is 26.8. The smallest absolute Gasteiger partial charge is 0.234 e. The summed E-state index contributed by atoms with van der Waals surface area (Å²) < 4.78 is 0. The van der Waals surface area contributed by atoms with Crippen molar-refractivity contribution in [1.82, 2.24) is 4.98 Å². The molecule has 0 radical (unpaired) electrons. The number of aryl methyl sites for hydroxylation is 2. The number of aromatic nitrogens is 1. The van der Waals surface area contributed by atoms with Crippen molar-refractivity contribution in [2.24, 2.45) is 0 Å². The van der Waals surface area contributed by atoms with Crippen molar-refractivity contribution in [2.45, 2.75) is 26.7 Å². The van der Waals surface area contributed by atoms with E-state index < -0.39 is 11.9 Å². The molecule has 21 heavy (non-hydrogen) atoms. The van der Waals surface area contributed by atoms with Crippen LogP contribution >= 0.6 is 11.3 Å². The van der Waals surface area contributed by atoms with Crippen molar-refractivity contribution in [1.29, 1.82) is 0 Å². The number of carboxylic acids is 1. The number of carbonyl (C=O) groups is 2. The van der Waals surface area contributed by atoms with Gasteiger partial charge < -0.3 is 15.2 Å². The monoisotopic (exact) mass is 303 g/mol. The first-order valence-corrected chi connectivity index (χ1v) is 7.31. The van der Waals surface area contributed by atoms with Crippen LogP contribution in [0.1, 0.15) is 39.5 Å². The highest BCUT2D eigenvalue weighted by Crippen LogP contribution is 2.23. The van der Waals surface area contributed by atoms with Gasteiger partial charge in [-0.15, -0.1) is 11.3 Å². The van der Waals surface area contributed by atoms with Crippen molar-refractivity contribution < 1.29 is 14.7 Å². The molecule has 1 aromatic heterocycles. The molecule has 0 saturated heterocycles. The lowest BCUT2D eigenvalue weighted by Crippen LogP contribution is -2.23. The fourth-order valence-electron chi connectivity index (χ4n) is 1.89. The molecule has 1 amide bonds. The van der Waals surface area contributed by atoms with E-state index in [0.29, 0.717) is 5.01 Å². The maximum absolute atomic E-state index is 12.2. The highest BCUT2D eigenvalue weighted by atomic mass is 32.1. The van der Waals surface area contributed by atoms with E-state index in [1.165, 1.54) is 5.38 Å². The zero-order valence-electron chi connectivity index (χ0n) is 12.0. The number of nitrogens with zero attached hydrogens (tertiary/aromatic N) is 1. The van der Waals surface area contributed by atoms with Gasteiger partial charge in [0.05, 0.1) is 17.6 Å². The van der Waals surface area contributed by atoms with Crippen molar-refractivity contribution in [3.8, 4) is 0 Å². The molecule has 2 rings (SSSR count). The predicted octanol–water partition coefficient (Wildman–Crippen LogP) is 1.87. The largest absolute Gasteiger partial charge is 0.543 e. The summed E-state index contributed by atoms with van der Waals surface area (Å²) in [5, 5.41) is 15.4. The minimum atomic E-state index is -1.33. The normalized spacial score (nSPS) is 12.0. The summed E-state index contributed by atoms with van der Waals surface area (Å²) in [5.74, 6) is -2.08. The van der Waals surface area contributed by atoms with Crippen LogP contribution in [0.3, 0.4) is 0 Å². The van der Waals surface area contributed by atoms with Crippen LogP contribution in [0.15, 0.2) is 23.6 Å². The molecule has 0 spiro atoms. The standard InChI is InChI=1S/C15H16N2O3S/c1-8-4-5-11(9(2)6-8)16-13(18)10(3)14-17-12(7-21-14)15(19)20/h4-7,10H,1-3H3,(H,16,18)(H,19,20)/p-1/t10-/m0/s1. The van der Waals surface area contributed by atoms with E-state index in [1.54, 1.807) is 6.92 Å². The van der Waals surface area contributed by atoms with Gasteiger partial charge in [0, 0.05) is 11.1 Å². The first-order chi connectivity index (χ1) is 9.88. The minimum absolute atomic E-state index is 0.138. The van der Waals surface area contributed by atoms with E-state index in [-0.39, 0.29) is 11.6 Å². The van der Waals surface area contributed by atoms with Crippen molar-refractivity contribution in [3.63, 3.8) is 0 Å². The average Bonchev–Trinajstić information content (AvgIpc) is 2.90. The molecule has 6 heteroatoms. The summed E-state index contributed by atoms with van der Waals surface area (Å²) in [7, 11) is 0. The van der Waals surface area contributed by atoms with Gasteiger partial charge in [0.1, 0.15) is 5.01 Å². The number of hydrogen-bond acceptors (Lipinski definition) is 5. The van der Waals surface area contributed by atoms with E-state index in [2.05, 4.69) is 10.3 Å². The van der Waals surface area contributed by atoms with Gasteiger partial charge in [0.15, 0.2) is 0 Å².